The minimum Gasteiger partial charge on any atom is -0.462 e. The van der Waals surface area contributed by atoms with Crippen molar-refractivity contribution in [3.05, 3.63) is 109 Å². The first-order valence-corrected chi connectivity index (χ1v) is 30.9. The van der Waals surface area contributed by atoms with E-state index >= 15 is 0 Å². The zero-order chi connectivity index (χ0) is 53.6. The van der Waals surface area contributed by atoms with Crippen LogP contribution in [0.15, 0.2) is 109 Å². The van der Waals surface area contributed by atoms with Crippen LogP contribution in [0.2, 0.25) is 0 Å². The first kappa shape index (κ1) is 70.1. The summed E-state index contributed by atoms with van der Waals surface area (Å²) in [5.74, 6) is -0.931. The topological polar surface area (TPSA) is 78.9 Å². The molecule has 0 N–H and O–H groups in total. The molecule has 0 spiro atoms. The minimum atomic E-state index is -0.800. The zero-order valence-electron chi connectivity index (χ0n) is 48.3. The Balaban J connectivity index is 4.46. The number of esters is 3. The molecular weight excluding hydrogens is 913 g/mol. The van der Waals surface area contributed by atoms with E-state index in [4.69, 9.17) is 14.2 Å². The highest BCUT2D eigenvalue weighted by molar-refractivity contribution is 5.71. The molecule has 0 saturated heterocycles. The van der Waals surface area contributed by atoms with Crippen LogP contribution < -0.4 is 0 Å². The molecule has 0 heterocycles. The Hall–Kier alpha value is -3.93. The lowest BCUT2D eigenvalue weighted by atomic mass is 10.1. The van der Waals surface area contributed by atoms with E-state index in [1.165, 1.54) is 116 Å². The lowest BCUT2D eigenvalue weighted by Gasteiger charge is -2.18. The quantitative estimate of drug-likeness (QED) is 0.0261. The fourth-order valence-corrected chi connectivity index (χ4v) is 8.35. The van der Waals surface area contributed by atoms with Crippen LogP contribution in [0.25, 0.3) is 0 Å². The molecule has 0 amide bonds. The van der Waals surface area contributed by atoms with Gasteiger partial charge in [-0.3, -0.25) is 14.4 Å². The third-order valence-corrected chi connectivity index (χ3v) is 13.0. The van der Waals surface area contributed by atoms with Crippen LogP contribution in [0.5, 0.6) is 0 Å². The number of carbonyl (C=O) groups excluding carboxylic acids is 3. The lowest BCUT2D eigenvalue weighted by Crippen LogP contribution is -2.30. The first-order valence-electron chi connectivity index (χ1n) is 30.9. The Bertz CT molecular complexity index is 1510. The molecule has 6 heteroatoms. The molecule has 0 fully saturated rings. The largest absolute Gasteiger partial charge is 0.462 e. The molecular formula is C68H114O6. The second-order valence-corrected chi connectivity index (χ2v) is 20.2. The molecule has 0 aromatic carbocycles. The number of unbranched alkanes of at least 4 members (excludes halogenated alkanes) is 26. The maximum atomic E-state index is 12.9. The van der Waals surface area contributed by atoms with Gasteiger partial charge in [0.05, 0.1) is 0 Å². The van der Waals surface area contributed by atoms with Crippen molar-refractivity contribution in [3.8, 4) is 0 Å². The summed E-state index contributed by atoms with van der Waals surface area (Å²) in [5, 5.41) is 0. The number of carbonyl (C=O) groups is 3. The average Bonchev–Trinajstić information content (AvgIpc) is 3.40. The van der Waals surface area contributed by atoms with E-state index in [2.05, 4.69) is 130 Å². The molecule has 422 valence electrons. The van der Waals surface area contributed by atoms with Gasteiger partial charge in [-0.15, -0.1) is 0 Å². The molecule has 0 saturated carbocycles. The molecule has 0 radical (unpaired) electrons. The number of hydrogen-bond acceptors (Lipinski definition) is 6. The Morgan fingerprint density at radius 1 is 0.284 bits per heavy atom. The van der Waals surface area contributed by atoms with Gasteiger partial charge in [0.1, 0.15) is 13.2 Å². The summed E-state index contributed by atoms with van der Waals surface area (Å²) < 4.78 is 16.9. The highest BCUT2D eigenvalue weighted by Crippen LogP contribution is 2.14. The second-order valence-electron chi connectivity index (χ2n) is 20.2. The van der Waals surface area contributed by atoms with Crippen molar-refractivity contribution in [2.24, 2.45) is 0 Å². The van der Waals surface area contributed by atoms with Gasteiger partial charge in [-0.2, -0.15) is 0 Å². The van der Waals surface area contributed by atoms with Crippen molar-refractivity contribution in [3.63, 3.8) is 0 Å². The Kier molecular flexibility index (Phi) is 58.3. The summed E-state index contributed by atoms with van der Waals surface area (Å²) in [6, 6.07) is 0. The van der Waals surface area contributed by atoms with Gasteiger partial charge in [0.2, 0.25) is 0 Å². The number of hydrogen-bond donors (Lipinski definition) is 0. The fourth-order valence-electron chi connectivity index (χ4n) is 8.35. The average molecular weight is 1030 g/mol. The summed E-state index contributed by atoms with van der Waals surface area (Å²) >= 11 is 0. The minimum absolute atomic E-state index is 0.0947. The van der Waals surface area contributed by atoms with Crippen molar-refractivity contribution in [2.75, 3.05) is 13.2 Å². The van der Waals surface area contributed by atoms with Crippen molar-refractivity contribution in [2.45, 2.75) is 290 Å². The van der Waals surface area contributed by atoms with Gasteiger partial charge in [0.25, 0.3) is 0 Å². The van der Waals surface area contributed by atoms with E-state index in [1.54, 1.807) is 0 Å². The predicted octanol–water partition coefficient (Wildman–Crippen LogP) is 21.0. The Labute approximate surface area is 457 Å². The van der Waals surface area contributed by atoms with Crippen LogP contribution in [-0.2, 0) is 28.6 Å². The van der Waals surface area contributed by atoms with Crippen molar-refractivity contribution in [1.29, 1.82) is 0 Å². The van der Waals surface area contributed by atoms with Crippen molar-refractivity contribution in [1.82, 2.24) is 0 Å². The van der Waals surface area contributed by atoms with E-state index in [-0.39, 0.29) is 31.1 Å². The monoisotopic (exact) mass is 1030 g/mol. The van der Waals surface area contributed by atoms with Gasteiger partial charge in [-0.25, -0.2) is 0 Å². The van der Waals surface area contributed by atoms with E-state index < -0.39 is 6.10 Å². The summed E-state index contributed by atoms with van der Waals surface area (Å²) in [6.45, 7) is 6.48. The lowest BCUT2D eigenvalue weighted by molar-refractivity contribution is -0.167. The number of ether oxygens (including phenoxy) is 3. The van der Waals surface area contributed by atoms with Gasteiger partial charge in [0.15, 0.2) is 6.10 Å². The smallest absolute Gasteiger partial charge is 0.306 e. The van der Waals surface area contributed by atoms with E-state index in [1.807, 2.05) is 0 Å². The Morgan fingerprint density at radius 2 is 0.527 bits per heavy atom. The summed E-state index contributed by atoms with van der Waals surface area (Å²) in [7, 11) is 0. The summed E-state index contributed by atoms with van der Waals surface area (Å²) in [5.41, 5.74) is 0. The first-order chi connectivity index (χ1) is 36.5. The van der Waals surface area contributed by atoms with E-state index in [9.17, 15) is 14.4 Å². The van der Waals surface area contributed by atoms with Gasteiger partial charge < -0.3 is 14.2 Å². The molecule has 1 atom stereocenters. The zero-order valence-corrected chi connectivity index (χ0v) is 48.3. The van der Waals surface area contributed by atoms with Gasteiger partial charge in [-0.05, 0) is 128 Å². The third-order valence-electron chi connectivity index (χ3n) is 13.0. The molecule has 0 bridgehead atoms. The molecule has 0 aliphatic heterocycles. The second kappa shape index (κ2) is 61.6. The summed E-state index contributed by atoms with van der Waals surface area (Å²) in [6.07, 6.45) is 83.6. The van der Waals surface area contributed by atoms with Crippen LogP contribution in [0.4, 0.5) is 0 Å². The SMILES string of the molecule is CC/C=C\C/C=C\C/C=C\C/C=C\C/C=C\C/C=C\CCCCCCC(=O)OCC(COC(=O)CCCCCCC/C=C\CCCCCCCC)OC(=O)CCCCCCCCC/C=C\C/C=C\CCCCCC. The molecule has 74 heavy (non-hydrogen) atoms. The van der Waals surface area contributed by atoms with Crippen molar-refractivity contribution < 1.29 is 28.6 Å². The fraction of sp³-hybridized carbons (Fsp3) is 0.691. The number of rotatable bonds is 55. The molecule has 0 aliphatic rings. The molecule has 0 aromatic rings. The molecule has 1 unspecified atom stereocenters. The van der Waals surface area contributed by atoms with Crippen molar-refractivity contribution >= 4 is 17.9 Å². The third kappa shape index (κ3) is 59.0. The van der Waals surface area contributed by atoms with Gasteiger partial charge in [-0.1, -0.05) is 246 Å². The highest BCUT2D eigenvalue weighted by atomic mass is 16.6. The van der Waals surface area contributed by atoms with Gasteiger partial charge in [0, 0.05) is 19.3 Å². The summed E-state index contributed by atoms with van der Waals surface area (Å²) in [4.78, 5) is 38.3. The van der Waals surface area contributed by atoms with Gasteiger partial charge >= 0.3 is 17.9 Å². The highest BCUT2D eigenvalue weighted by Gasteiger charge is 2.19. The van der Waals surface area contributed by atoms with E-state index in [0.717, 1.165) is 128 Å². The molecule has 0 aliphatic carbocycles. The van der Waals surface area contributed by atoms with Crippen LogP contribution in [-0.4, -0.2) is 37.2 Å². The standard InChI is InChI=1S/C68H114O6/c1-4-7-10-13-16-19-22-25-28-30-32-33-34-35-36-38-40-43-46-49-52-55-58-61-67(70)73-64-65(63-72-66(69)60-57-54-51-48-45-42-39-27-24-21-18-15-12-9-6-3)74-68(71)62-59-56-53-50-47-44-41-37-31-29-26-23-20-17-14-11-8-5-2/h7,10,16,19-20,23,25,27-29,31-33,35-36,39-40,43,65H,4-6,8-9,11-15,17-18,21-22,24,26,30,34,37-38,41-42,44-64H2,1-3H3/b10-7-,19-16-,23-20-,28-25-,31-29-,33-32-,36-35-,39-27-,43-40-. The normalized spacial score (nSPS) is 12.9. The van der Waals surface area contributed by atoms with Crippen LogP contribution in [0.3, 0.4) is 0 Å². The molecule has 6 nitrogen and oxygen atoms in total. The Morgan fingerprint density at radius 3 is 0.851 bits per heavy atom. The van der Waals surface area contributed by atoms with Crippen LogP contribution in [0.1, 0.15) is 284 Å². The predicted molar refractivity (Wildman–Crippen MR) is 320 cm³/mol. The van der Waals surface area contributed by atoms with E-state index in [0.29, 0.717) is 19.3 Å². The van der Waals surface area contributed by atoms with Crippen LogP contribution in [0, 0.1) is 0 Å². The molecule has 0 rings (SSSR count). The molecule has 0 aromatic heterocycles. The maximum absolute atomic E-state index is 12.9. The van der Waals surface area contributed by atoms with Crippen LogP contribution >= 0.6 is 0 Å². The maximum Gasteiger partial charge on any atom is 0.306 e. The number of allylic oxidation sites excluding steroid dienone is 18.